The average molecular weight is 218 g/mol. The van der Waals surface area contributed by atoms with Crippen LogP contribution in [0.25, 0.3) is 0 Å². The van der Waals surface area contributed by atoms with Gasteiger partial charge in [0.2, 0.25) is 10.0 Å². The highest BCUT2D eigenvalue weighted by Crippen LogP contribution is 2.16. The van der Waals surface area contributed by atoms with Gasteiger partial charge in [-0.25, -0.2) is 13.1 Å². The van der Waals surface area contributed by atoms with Crippen molar-refractivity contribution in [2.45, 2.75) is 10.3 Å². The van der Waals surface area contributed by atoms with Crippen molar-refractivity contribution >= 4 is 21.4 Å². The van der Waals surface area contributed by atoms with E-state index in [1.807, 2.05) is 0 Å². The van der Waals surface area contributed by atoms with Crippen LogP contribution in [0, 0.1) is 0 Å². The quantitative estimate of drug-likeness (QED) is 0.750. The van der Waals surface area contributed by atoms with Gasteiger partial charge >= 0.3 is 0 Å². The van der Waals surface area contributed by atoms with E-state index in [1.54, 1.807) is 17.5 Å². The molecule has 1 saturated heterocycles. The van der Waals surface area contributed by atoms with Gasteiger partial charge in [-0.1, -0.05) is 6.07 Å². The molecule has 0 spiro atoms. The maximum absolute atomic E-state index is 11.6. The Kier molecular flexibility index (Phi) is 2.37. The van der Waals surface area contributed by atoms with Crippen LogP contribution in [0.2, 0.25) is 0 Å². The lowest BCUT2D eigenvalue weighted by Crippen LogP contribution is -2.56. The molecule has 2 N–H and O–H groups in total. The van der Waals surface area contributed by atoms with Gasteiger partial charge in [0.15, 0.2) is 0 Å². The molecule has 0 unspecified atom stereocenters. The van der Waals surface area contributed by atoms with E-state index < -0.39 is 10.0 Å². The smallest absolute Gasteiger partial charge is 0.250 e. The van der Waals surface area contributed by atoms with Gasteiger partial charge in [0.05, 0.1) is 0 Å². The van der Waals surface area contributed by atoms with E-state index in [9.17, 15) is 8.42 Å². The zero-order valence-corrected chi connectivity index (χ0v) is 8.49. The molecule has 1 aliphatic rings. The van der Waals surface area contributed by atoms with Gasteiger partial charge < -0.3 is 5.32 Å². The van der Waals surface area contributed by atoms with Crippen molar-refractivity contribution in [3.8, 4) is 0 Å². The molecule has 0 aliphatic carbocycles. The van der Waals surface area contributed by atoms with Crippen LogP contribution in [-0.4, -0.2) is 27.5 Å². The van der Waals surface area contributed by atoms with Crippen LogP contribution < -0.4 is 10.0 Å². The van der Waals surface area contributed by atoms with Gasteiger partial charge in [-0.2, -0.15) is 0 Å². The zero-order valence-electron chi connectivity index (χ0n) is 6.86. The minimum atomic E-state index is -3.25. The van der Waals surface area contributed by atoms with Gasteiger partial charge in [0.1, 0.15) is 4.21 Å². The molecular formula is C7H10N2O2S2. The van der Waals surface area contributed by atoms with Crippen LogP contribution in [-0.2, 0) is 10.0 Å². The molecule has 1 fully saturated rings. The molecule has 72 valence electrons. The molecule has 0 amide bonds. The Hall–Kier alpha value is -0.430. The fraction of sp³-hybridized carbons (Fsp3) is 0.429. The first-order valence-corrected chi connectivity index (χ1v) is 6.31. The molecule has 1 aromatic heterocycles. The highest BCUT2D eigenvalue weighted by atomic mass is 32.2. The largest absolute Gasteiger partial charge is 0.313 e. The summed E-state index contributed by atoms with van der Waals surface area (Å²) in [6, 6.07) is 3.41. The number of nitrogens with one attached hydrogen (secondary N) is 2. The molecule has 1 aliphatic heterocycles. The second-order valence-corrected chi connectivity index (χ2v) is 5.80. The van der Waals surface area contributed by atoms with E-state index in [2.05, 4.69) is 10.0 Å². The maximum Gasteiger partial charge on any atom is 0.250 e. The van der Waals surface area contributed by atoms with Crippen molar-refractivity contribution in [2.75, 3.05) is 13.1 Å². The summed E-state index contributed by atoms with van der Waals surface area (Å²) in [5.41, 5.74) is 0. The minimum Gasteiger partial charge on any atom is -0.313 e. The van der Waals surface area contributed by atoms with Crippen molar-refractivity contribution in [2.24, 2.45) is 0 Å². The summed E-state index contributed by atoms with van der Waals surface area (Å²) >= 11 is 1.24. The minimum absolute atomic E-state index is 0.0621. The third kappa shape index (κ3) is 1.91. The van der Waals surface area contributed by atoms with Crippen molar-refractivity contribution in [1.29, 1.82) is 0 Å². The summed E-state index contributed by atoms with van der Waals surface area (Å²) in [7, 11) is -3.25. The Balaban J connectivity index is 2.12. The Morgan fingerprint density at radius 2 is 2.31 bits per heavy atom. The fourth-order valence-electron chi connectivity index (χ4n) is 1.07. The molecule has 6 heteroatoms. The molecule has 0 atom stereocenters. The van der Waals surface area contributed by atoms with Gasteiger partial charge in [-0.15, -0.1) is 11.3 Å². The number of hydrogen-bond acceptors (Lipinski definition) is 4. The summed E-state index contributed by atoms with van der Waals surface area (Å²) < 4.78 is 26.1. The van der Waals surface area contributed by atoms with Crippen molar-refractivity contribution in [3.05, 3.63) is 17.5 Å². The third-order valence-corrected chi connectivity index (χ3v) is 4.78. The van der Waals surface area contributed by atoms with E-state index >= 15 is 0 Å². The molecule has 2 heterocycles. The van der Waals surface area contributed by atoms with Crippen LogP contribution in [0.5, 0.6) is 0 Å². The number of sulfonamides is 1. The molecule has 4 nitrogen and oxygen atoms in total. The van der Waals surface area contributed by atoms with Gasteiger partial charge in [0, 0.05) is 19.1 Å². The SMILES string of the molecule is O=S(=O)(NC1CNC1)c1cccs1. The maximum atomic E-state index is 11.6. The first-order valence-electron chi connectivity index (χ1n) is 3.95. The molecule has 2 rings (SSSR count). The lowest BCUT2D eigenvalue weighted by molar-refractivity contribution is 0.410. The van der Waals surface area contributed by atoms with E-state index in [4.69, 9.17) is 0 Å². The Morgan fingerprint density at radius 3 is 2.77 bits per heavy atom. The molecular weight excluding hydrogens is 208 g/mol. The highest BCUT2D eigenvalue weighted by molar-refractivity contribution is 7.91. The first kappa shape index (κ1) is 9.14. The van der Waals surface area contributed by atoms with E-state index in [0.29, 0.717) is 4.21 Å². The lowest BCUT2D eigenvalue weighted by Gasteiger charge is -2.27. The molecule has 13 heavy (non-hydrogen) atoms. The standard InChI is InChI=1S/C7H10N2O2S2/c10-13(11,7-2-1-3-12-7)9-6-4-8-5-6/h1-3,6,8-9H,4-5H2. The molecule has 0 radical (unpaired) electrons. The molecule has 0 saturated carbocycles. The van der Waals surface area contributed by atoms with E-state index in [1.165, 1.54) is 11.3 Å². The molecule has 0 aromatic carbocycles. The van der Waals surface area contributed by atoms with Crippen molar-refractivity contribution in [1.82, 2.24) is 10.0 Å². The zero-order chi connectivity index (χ0) is 9.31. The van der Waals surface area contributed by atoms with Crippen LogP contribution in [0.3, 0.4) is 0 Å². The number of thiophene rings is 1. The number of hydrogen-bond donors (Lipinski definition) is 2. The predicted molar refractivity (Wildman–Crippen MR) is 51.3 cm³/mol. The Bertz CT molecular complexity index is 367. The van der Waals surface area contributed by atoms with E-state index in [0.717, 1.165) is 13.1 Å². The number of rotatable bonds is 3. The lowest BCUT2D eigenvalue weighted by atomic mass is 10.2. The summed E-state index contributed by atoms with van der Waals surface area (Å²) in [6.07, 6.45) is 0. The fourth-order valence-corrected chi connectivity index (χ4v) is 3.31. The molecule has 0 bridgehead atoms. The summed E-state index contributed by atoms with van der Waals surface area (Å²) in [5, 5.41) is 4.76. The van der Waals surface area contributed by atoms with E-state index in [-0.39, 0.29) is 6.04 Å². The average Bonchev–Trinajstić information content (AvgIpc) is 2.49. The van der Waals surface area contributed by atoms with Crippen molar-refractivity contribution < 1.29 is 8.42 Å². The second kappa shape index (κ2) is 3.38. The topological polar surface area (TPSA) is 58.2 Å². The third-order valence-electron chi connectivity index (χ3n) is 1.86. The molecule has 1 aromatic rings. The second-order valence-electron chi connectivity index (χ2n) is 2.91. The first-order chi connectivity index (χ1) is 6.18. The van der Waals surface area contributed by atoms with Gasteiger partial charge in [-0.05, 0) is 11.4 Å². The van der Waals surface area contributed by atoms with Crippen LogP contribution in [0.1, 0.15) is 0 Å². The van der Waals surface area contributed by atoms with Crippen LogP contribution >= 0.6 is 11.3 Å². The van der Waals surface area contributed by atoms with Gasteiger partial charge in [0.25, 0.3) is 0 Å². The summed E-state index contributed by atoms with van der Waals surface area (Å²) in [5.74, 6) is 0. The van der Waals surface area contributed by atoms with Gasteiger partial charge in [-0.3, -0.25) is 0 Å². The van der Waals surface area contributed by atoms with Crippen molar-refractivity contribution in [3.63, 3.8) is 0 Å². The van der Waals surface area contributed by atoms with Crippen LogP contribution in [0.15, 0.2) is 21.7 Å². The normalized spacial score (nSPS) is 18.5. The highest BCUT2D eigenvalue weighted by Gasteiger charge is 2.24. The predicted octanol–water partition coefficient (Wildman–Crippen LogP) is -0.00180. The summed E-state index contributed by atoms with van der Waals surface area (Å²) in [6.45, 7) is 1.45. The monoisotopic (exact) mass is 218 g/mol. The Labute approximate surface area is 81.0 Å². The summed E-state index contributed by atoms with van der Waals surface area (Å²) in [4.78, 5) is 0. The Morgan fingerprint density at radius 1 is 1.54 bits per heavy atom. The van der Waals surface area contributed by atoms with Crippen LogP contribution in [0.4, 0.5) is 0 Å².